The fraction of sp³-hybridized carbons (Fsp3) is 0.333. The first-order valence-corrected chi connectivity index (χ1v) is 13.0. The van der Waals surface area contributed by atoms with Gasteiger partial charge in [-0.25, -0.2) is 0 Å². The zero-order chi connectivity index (χ0) is 28.4. The first kappa shape index (κ1) is 29.3. The van der Waals surface area contributed by atoms with Gasteiger partial charge >= 0.3 is 0 Å². The minimum absolute atomic E-state index is 0.0315. The lowest BCUT2D eigenvalue weighted by molar-refractivity contribution is -0.384. The van der Waals surface area contributed by atoms with Gasteiger partial charge in [0, 0.05) is 18.7 Å². The highest BCUT2D eigenvalue weighted by atomic mass is 16.6. The molecule has 0 fully saturated rings. The van der Waals surface area contributed by atoms with Gasteiger partial charge in [-0.2, -0.15) is 0 Å². The number of hydrogen-bond acceptors (Lipinski definition) is 6. The number of rotatable bonds is 13. The summed E-state index contributed by atoms with van der Waals surface area (Å²) >= 11 is 0. The highest BCUT2D eigenvalue weighted by molar-refractivity contribution is 5.89. The van der Waals surface area contributed by atoms with Crippen molar-refractivity contribution >= 4 is 17.5 Å². The van der Waals surface area contributed by atoms with Crippen LogP contribution in [0.15, 0.2) is 66.7 Å². The third-order valence-electron chi connectivity index (χ3n) is 6.52. The Kier molecular flexibility index (Phi) is 10.6. The molecule has 0 spiro atoms. The minimum Gasteiger partial charge on any atom is -0.489 e. The Balaban J connectivity index is 1.47. The van der Waals surface area contributed by atoms with Crippen molar-refractivity contribution in [2.75, 3.05) is 6.54 Å². The van der Waals surface area contributed by atoms with Crippen LogP contribution in [0.3, 0.4) is 0 Å². The van der Waals surface area contributed by atoms with Gasteiger partial charge in [-0.15, -0.1) is 0 Å². The number of carbonyl (C=O) groups is 2. The molecule has 0 aliphatic rings. The molecule has 0 aliphatic carbocycles. The summed E-state index contributed by atoms with van der Waals surface area (Å²) in [6, 6.07) is 18.5. The number of nitrogens with two attached hydrogens (primary N) is 1. The molecule has 2 amide bonds. The van der Waals surface area contributed by atoms with Crippen molar-refractivity contribution in [3.05, 3.63) is 105 Å². The Bertz CT molecular complexity index is 1260. The Morgan fingerprint density at radius 3 is 2.23 bits per heavy atom. The SMILES string of the molecule is Cc1cc(OCc2ccc([N+](=O)[O-])cc2)cc(C)c1C[C@H](N)C(=O)N[C@H](C)C(=O)NCCCc1ccccc1. The summed E-state index contributed by atoms with van der Waals surface area (Å²) in [7, 11) is 0. The second-order valence-corrected chi connectivity index (χ2v) is 9.67. The Labute approximate surface area is 228 Å². The predicted octanol–water partition coefficient (Wildman–Crippen LogP) is 3.91. The van der Waals surface area contributed by atoms with Crippen LogP contribution in [0.1, 0.15) is 41.2 Å². The molecule has 0 aliphatic heterocycles. The molecular weight excluding hydrogens is 496 g/mol. The molecule has 3 rings (SSSR count). The van der Waals surface area contributed by atoms with E-state index in [1.807, 2.05) is 44.2 Å². The van der Waals surface area contributed by atoms with Crippen molar-refractivity contribution in [2.45, 2.75) is 58.7 Å². The van der Waals surface area contributed by atoms with Gasteiger partial charge in [-0.3, -0.25) is 19.7 Å². The third kappa shape index (κ3) is 8.93. The quantitative estimate of drug-likeness (QED) is 0.173. The number of ether oxygens (including phenoxy) is 1. The fourth-order valence-corrected chi connectivity index (χ4v) is 4.24. The lowest BCUT2D eigenvalue weighted by Crippen LogP contribution is -2.51. The summed E-state index contributed by atoms with van der Waals surface area (Å²) in [6.45, 7) is 6.29. The minimum atomic E-state index is -0.817. The molecule has 39 heavy (non-hydrogen) atoms. The topological polar surface area (TPSA) is 137 Å². The van der Waals surface area contributed by atoms with E-state index in [1.165, 1.54) is 17.7 Å². The van der Waals surface area contributed by atoms with Crippen LogP contribution in [0, 0.1) is 24.0 Å². The average Bonchev–Trinajstić information content (AvgIpc) is 2.92. The zero-order valence-corrected chi connectivity index (χ0v) is 22.6. The molecule has 0 unspecified atom stereocenters. The second-order valence-electron chi connectivity index (χ2n) is 9.67. The number of amides is 2. The summed E-state index contributed by atoms with van der Waals surface area (Å²) in [5.41, 5.74) is 11.1. The van der Waals surface area contributed by atoms with E-state index < -0.39 is 17.0 Å². The molecule has 0 aromatic heterocycles. The first-order valence-electron chi connectivity index (χ1n) is 13.0. The van der Waals surface area contributed by atoms with E-state index in [0.717, 1.165) is 35.1 Å². The summed E-state index contributed by atoms with van der Waals surface area (Å²) < 4.78 is 5.88. The number of carbonyl (C=O) groups excluding carboxylic acids is 2. The van der Waals surface area contributed by atoms with Gasteiger partial charge in [0.15, 0.2) is 0 Å². The zero-order valence-electron chi connectivity index (χ0n) is 22.6. The number of nitro benzene ring substituents is 1. The van der Waals surface area contributed by atoms with Crippen LogP contribution in [0.4, 0.5) is 5.69 Å². The maximum atomic E-state index is 12.7. The number of nitro groups is 1. The standard InChI is InChI=1S/C30H36N4O5/c1-20-16-26(39-19-24-11-13-25(14-12-24)34(37)38)17-21(2)27(20)18-28(31)30(36)33-22(3)29(35)32-15-7-10-23-8-5-4-6-9-23/h4-6,8-9,11-14,16-17,22,28H,7,10,15,18-19,31H2,1-3H3,(H,32,35)(H,33,36)/t22-,28+/m1/s1. The molecule has 4 N–H and O–H groups in total. The number of non-ortho nitro benzene ring substituents is 1. The van der Waals surface area contributed by atoms with E-state index in [-0.39, 0.29) is 24.1 Å². The molecule has 0 heterocycles. The molecule has 0 saturated heterocycles. The van der Waals surface area contributed by atoms with Gasteiger partial charge in [-0.05, 0) is 92.1 Å². The summed E-state index contributed by atoms with van der Waals surface area (Å²) in [6.07, 6.45) is 1.99. The fourth-order valence-electron chi connectivity index (χ4n) is 4.24. The van der Waals surface area contributed by atoms with Crippen molar-refractivity contribution in [1.82, 2.24) is 10.6 Å². The van der Waals surface area contributed by atoms with E-state index in [2.05, 4.69) is 22.8 Å². The number of nitrogens with zero attached hydrogens (tertiary/aromatic N) is 1. The molecular formula is C30H36N4O5. The van der Waals surface area contributed by atoms with Crippen molar-refractivity contribution in [1.29, 1.82) is 0 Å². The number of nitrogens with one attached hydrogen (secondary N) is 2. The van der Waals surface area contributed by atoms with Gasteiger partial charge in [0.1, 0.15) is 18.4 Å². The molecule has 9 heteroatoms. The van der Waals surface area contributed by atoms with E-state index in [9.17, 15) is 19.7 Å². The van der Waals surface area contributed by atoms with Crippen molar-refractivity contribution in [3.63, 3.8) is 0 Å². The highest BCUT2D eigenvalue weighted by Gasteiger charge is 2.21. The van der Waals surface area contributed by atoms with E-state index >= 15 is 0 Å². The van der Waals surface area contributed by atoms with Crippen LogP contribution in [-0.4, -0.2) is 35.4 Å². The van der Waals surface area contributed by atoms with Gasteiger partial charge in [0.2, 0.25) is 11.8 Å². The van der Waals surface area contributed by atoms with Crippen LogP contribution in [0.25, 0.3) is 0 Å². The number of benzene rings is 3. The van der Waals surface area contributed by atoms with Gasteiger partial charge in [-0.1, -0.05) is 30.3 Å². The summed E-state index contributed by atoms with van der Waals surface area (Å²) in [5, 5.41) is 16.4. The highest BCUT2D eigenvalue weighted by Crippen LogP contribution is 2.24. The van der Waals surface area contributed by atoms with Crippen LogP contribution in [-0.2, 0) is 29.0 Å². The van der Waals surface area contributed by atoms with E-state index in [4.69, 9.17) is 10.5 Å². The summed E-state index contributed by atoms with van der Waals surface area (Å²) in [5.74, 6) is 0.0208. The molecule has 206 valence electrons. The van der Waals surface area contributed by atoms with Gasteiger partial charge in [0.05, 0.1) is 11.0 Å². The van der Waals surface area contributed by atoms with Gasteiger partial charge in [0.25, 0.3) is 5.69 Å². The Hall–Kier alpha value is -4.24. The molecule has 3 aromatic rings. The molecule has 0 bridgehead atoms. The molecule has 0 radical (unpaired) electrons. The summed E-state index contributed by atoms with van der Waals surface area (Å²) in [4.78, 5) is 35.5. The third-order valence-corrected chi connectivity index (χ3v) is 6.52. The molecule has 2 atom stereocenters. The predicted molar refractivity (Wildman–Crippen MR) is 150 cm³/mol. The Morgan fingerprint density at radius 1 is 0.974 bits per heavy atom. The van der Waals surface area contributed by atoms with Crippen LogP contribution in [0.2, 0.25) is 0 Å². The first-order chi connectivity index (χ1) is 18.6. The van der Waals surface area contributed by atoms with Crippen LogP contribution >= 0.6 is 0 Å². The van der Waals surface area contributed by atoms with Crippen LogP contribution in [0.5, 0.6) is 5.75 Å². The maximum Gasteiger partial charge on any atom is 0.269 e. The van der Waals surface area contributed by atoms with Crippen molar-refractivity contribution in [2.24, 2.45) is 5.73 Å². The van der Waals surface area contributed by atoms with Crippen molar-refractivity contribution < 1.29 is 19.2 Å². The molecule has 9 nitrogen and oxygen atoms in total. The molecule has 0 saturated carbocycles. The smallest absolute Gasteiger partial charge is 0.269 e. The second kappa shape index (κ2) is 14.1. The normalized spacial score (nSPS) is 12.3. The van der Waals surface area contributed by atoms with Crippen molar-refractivity contribution in [3.8, 4) is 5.75 Å². The largest absolute Gasteiger partial charge is 0.489 e. The lowest BCUT2D eigenvalue weighted by Gasteiger charge is -2.19. The lowest BCUT2D eigenvalue weighted by atomic mass is 9.96. The average molecular weight is 533 g/mol. The van der Waals surface area contributed by atoms with E-state index in [0.29, 0.717) is 18.7 Å². The Morgan fingerprint density at radius 2 is 1.62 bits per heavy atom. The number of hydrogen-bond donors (Lipinski definition) is 3. The van der Waals surface area contributed by atoms with Gasteiger partial charge < -0.3 is 21.1 Å². The number of aryl methyl sites for hydroxylation is 3. The monoisotopic (exact) mass is 532 g/mol. The molecule has 3 aromatic carbocycles. The van der Waals surface area contributed by atoms with Crippen LogP contribution < -0.4 is 21.1 Å². The maximum absolute atomic E-state index is 12.7. The van der Waals surface area contributed by atoms with E-state index in [1.54, 1.807) is 19.1 Å².